The first kappa shape index (κ1) is 11.8. The largest absolute Gasteiger partial charge is 0.506 e. The summed E-state index contributed by atoms with van der Waals surface area (Å²) < 4.78 is 18.7. The van der Waals surface area contributed by atoms with Crippen LogP contribution in [-0.4, -0.2) is 11.0 Å². The van der Waals surface area contributed by atoms with Crippen LogP contribution in [0.5, 0.6) is 5.75 Å². The molecule has 2 atom stereocenters. The zero-order chi connectivity index (χ0) is 13.4. The standard InChI is InChI=1S/C14H12FNO3/c15-10-3-1-4-11(17)13(10)16-14(18)9-7-8(9)12-5-2-6-19-12/h1-6,8-9,17H,7H2,(H,16,18)/t8-,9-/m1/s1. The fraction of sp³-hybridized carbons (Fsp3) is 0.214. The second-order valence-electron chi connectivity index (χ2n) is 4.59. The number of anilines is 1. The first-order chi connectivity index (χ1) is 9.16. The topological polar surface area (TPSA) is 62.5 Å². The summed E-state index contributed by atoms with van der Waals surface area (Å²) in [6.45, 7) is 0. The van der Waals surface area contributed by atoms with Crippen LogP contribution in [0.15, 0.2) is 41.0 Å². The Morgan fingerprint density at radius 3 is 2.89 bits per heavy atom. The average Bonchev–Trinajstić information content (AvgIpc) is 3.00. The van der Waals surface area contributed by atoms with Gasteiger partial charge in [-0.05, 0) is 30.7 Å². The molecule has 0 saturated heterocycles. The number of hydrogen-bond donors (Lipinski definition) is 2. The highest BCUT2D eigenvalue weighted by Gasteiger charge is 2.46. The van der Waals surface area contributed by atoms with Crippen molar-refractivity contribution >= 4 is 11.6 Å². The molecule has 98 valence electrons. The third-order valence-corrected chi connectivity index (χ3v) is 3.28. The van der Waals surface area contributed by atoms with E-state index in [1.54, 1.807) is 12.3 Å². The molecule has 4 nitrogen and oxygen atoms in total. The summed E-state index contributed by atoms with van der Waals surface area (Å²) in [6.07, 6.45) is 2.24. The second-order valence-corrected chi connectivity index (χ2v) is 4.59. The third kappa shape index (κ3) is 2.19. The molecular weight excluding hydrogens is 249 g/mol. The molecule has 0 bridgehead atoms. The molecule has 0 unspecified atom stereocenters. The van der Waals surface area contributed by atoms with E-state index in [-0.39, 0.29) is 29.2 Å². The Morgan fingerprint density at radius 1 is 1.37 bits per heavy atom. The van der Waals surface area contributed by atoms with Crippen molar-refractivity contribution in [2.75, 3.05) is 5.32 Å². The summed E-state index contributed by atoms with van der Waals surface area (Å²) in [5, 5.41) is 11.9. The molecule has 19 heavy (non-hydrogen) atoms. The summed E-state index contributed by atoms with van der Waals surface area (Å²) in [7, 11) is 0. The number of amides is 1. The van der Waals surface area contributed by atoms with Gasteiger partial charge in [-0.3, -0.25) is 4.79 Å². The number of benzene rings is 1. The predicted molar refractivity (Wildman–Crippen MR) is 66.3 cm³/mol. The molecule has 2 N–H and O–H groups in total. The quantitative estimate of drug-likeness (QED) is 0.835. The van der Waals surface area contributed by atoms with Gasteiger partial charge in [-0.15, -0.1) is 0 Å². The van der Waals surface area contributed by atoms with Crippen LogP contribution in [0.2, 0.25) is 0 Å². The fourth-order valence-corrected chi connectivity index (χ4v) is 2.15. The Labute approximate surface area is 108 Å². The number of furan rings is 1. The molecule has 1 saturated carbocycles. The van der Waals surface area contributed by atoms with Gasteiger partial charge < -0.3 is 14.8 Å². The van der Waals surface area contributed by atoms with Gasteiger partial charge in [0.1, 0.15) is 17.2 Å². The molecule has 1 aliphatic carbocycles. The highest BCUT2D eigenvalue weighted by atomic mass is 19.1. The van der Waals surface area contributed by atoms with Crippen molar-refractivity contribution < 1.29 is 18.7 Å². The molecule has 2 aromatic rings. The summed E-state index contributed by atoms with van der Waals surface area (Å²) in [4.78, 5) is 12.0. The number of nitrogens with one attached hydrogen (secondary N) is 1. The van der Waals surface area contributed by atoms with E-state index in [9.17, 15) is 14.3 Å². The molecule has 0 spiro atoms. The Balaban J connectivity index is 1.70. The van der Waals surface area contributed by atoms with E-state index in [1.165, 1.54) is 18.2 Å². The van der Waals surface area contributed by atoms with Crippen LogP contribution in [0.1, 0.15) is 18.1 Å². The number of phenolic OH excluding ortho intramolecular Hbond substituents is 1. The molecule has 1 heterocycles. The molecule has 5 heteroatoms. The first-order valence-electron chi connectivity index (χ1n) is 5.98. The highest BCUT2D eigenvalue weighted by molar-refractivity contribution is 5.96. The van der Waals surface area contributed by atoms with Crippen LogP contribution in [0.25, 0.3) is 0 Å². The van der Waals surface area contributed by atoms with Gasteiger partial charge in [-0.1, -0.05) is 6.07 Å². The highest BCUT2D eigenvalue weighted by Crippen LogP contribution is 2.48. The number of halogens is 1. The van der Waals surface area contributed by atoms with Crippen molar-refractivity contribution in [2.45, 2.75) is 12.3 Å². The van der Waals surface area contributed by atoms with Gasteiger partial charge in [0.25, 0.3) is 0 Å². The Kier molecular flexibility index (Phi) is 2.74. The number of carbonyl (C=O) groups is 1. The molecule has 1 amide bonds. The number of hydrogen-bond acceptors (Lipinski definition) is 3. The average molecular weight is 261 g/mol. The molecule has 3 rings (SSSR count). The number of phenols is 1. The van der Waals surface area contributed by atoms with Gasteiger partial charge in [0.2, 0.25) is 5.91 Å². The number of aromatic hydroxyl groups is 1. The van der Waals surface area contributed by atoms with Gasteiger partial charge in [0.15, 0.2) is 5.82 Å². The van der Waals surface area contributed by atoms with Crippen molar-refractivity contribution in [2.24, 2.45) is 5.92 Å². The van der Waals surface area contributed by atoms with E-state index in [1.807, 2.05) is 6.07 Å². The van der Waals surface area contributed by atoms with Crippen LogP contribution < -0.4 is 5.32 Å². The van der Waals surface area contributed by atoms with Gasteiger partial charge in [0.05, 0.1) is 6.26 Å². The van der Waals surface area contributed by atoms with Crippen molar-refractivity contribution in [3.05, 3.63) is 48.2 Å². The molecule has 0 aliphatic heterocycles. The van der Waals surface area contributed by atoms with E-state index < -0.39 is 5.82 Å². The maximum atomic E-state index is 13.5. The fourth-order valence-electron chi connectivity index (χ4n) is 2.15. The van der Waals surface area contributed by atoms with Crippen molar-refractivity contribution in [1.29, 1.82) is 0 Å². The van der Waals surface area contributed by atoms with E-state index in [0.717, 1.165) is 5.76 Å². The van der Waals surface area contributed by atoms with Crippen LogP contribution in [-0.2, 0) is 4.79 Å². The van der Waals surface area contributed by atoms with E-state index in [4.69, 9.17) is 4.42 Å². The normalized spacial score (nSPS) is 21.1. The monoisotopic (exact) mass is 261 g/mol. The summed E-state index contributed by atoms with van der Waals surface area (Å²) >= 11 is 0. The Hall–Kier alpha value is -2.30. The number of rotatable bonds is 3. The second kappa shape index (κ2) is 4.42. The molecule has 1 aromatic carbocycles. The van der Waals surface area contributed by atoms with Gasteiger partial charge in [-0.25, -0.2) is 4.39 Å². The van der Waals surface area contributed by atoms with Crippen LogP contribution in [0.4, 0.5) is 10.1 Å². The predicted octanol–water partition coefficient (Wildman–Crippen LogP) is 2.87. The zero-order valence-corrected chi connectivity index (χ0v) is 9.97. The number of para-hydroxylation sites is 1. The summed E-state index contributed by atoms with van der Waals surface area (Å²) in [5.41, 5.74) is -0.169. The third-order valence-electron chi connectivity index (χ3n) is 3.28. The minimum Gasteiger partial charge on any atom is -0.506 e. The van der Waals surface area contributed by atoms with Crippen molar-refractivity contribution in [3.63, 3.8) is 0 Å². The first-order valence-corrected chi connectivity index (χ1v) is 5.98. The lowest BCUT2D eigenvalue weighted by Gasteiger charge is -2.07. The minimum atomic E-state index is -0.649. The smallest absolute Gasteiger partial charge is 0.228 e. The van der Waals surface area contributed by atoms with Crippen LogP contribution >= 0.6 is 0 Å². The zero-order valence-electron chi connectivity index (χ0n) is 9.97. The van der Waals surface area contributed by atoms with E-state index in [0.29, 0.717) is 6.42 Å². The van der Waals surface area contributed by atoms with Gasteiger partial charge in [0, 0.05) is 11.8 Å². The van der Waals surface area contributed by atoms with Crippen molar-refractivity contribution in [1.82, 2.24) is 0 Å². The summed E-state index contributed by atoms with van der Waals surface area (Å²) in [6, 6.07) is 7.48. The van der Waals surface area contributed by atoms with E-state index in [2.05, 4.69) is 5.32 Å². The molecule has 0 radical (unpaired) electrons. The van der Waals surface area contributed by atoms with Crippen LogP contribution in [0, 0.1) is 11.7 Å². The lowest BCUT2D eigenvalue weighted by atomic mass is 10.2. The maximum Gasteiger partial charge on any atom is 0.228 e. The lowest BCUT2D eigenvalue weighted by molar-refractivity contribution is -0.117. The lowest BCUT2D eigenvalue weighted by Crippen LogP contribution is -2.15. The maximum absolute atomic E-state index is 13.5. The SMILES string of the molecule is O=C(Nc1c(O)cccc1F)[C@@H]1C[C@H]1c1ccco1. The Bertz CT molecular complexity index is 589. The van der Waals surface area contributed by atoms with E-state index >= 15 is 0 Å². The van der Waals surface area contributed by atoms with Crippen LogP contribution in [0.3, 0.4) is 0 Å². The van der Waals surface area contributed by atoms with Gasteiger partial charge >= 0.3 is 0 Å². The molecule has 1 aromatic heterocycles. The van der Waals surface area contributed by atoms with Crippen molar-refractivity contribution in [3.8, 4) is 5.75 Å². The Morgan fingerprint density at radius 2 is 2.21 bits per heavy atom. The minimum absolute atomic E-state index is 0.0453. The molecular formula is C14H12FNO3. The van der Waals surface area contributed by atoms with Gasteiger partial charge in [-0.2, -0.15) is 0 Å². The molecule has 1 aliphatic rings. The number of carbonyl (C=O) groups excluding carboxylic acids is 1. The molecule has 1 fully saturated rings. The summed E-state index contributed by atoms with van der Waals surface area (Å²) in [5.74, 6) is -0.652.